The molecule has 1 atom stereocenters. The first kappa shape index (κ1) is 19.3. The number of benzene rings is 1. The minimum absolute atomic E-state index is 0. The average Bonchev–Trinajstić information content (AvgIpc) is 3.29. The number of hydrogen-bond donors (Lipinski definition) is 1. The minimum Gasteiger partial charge on any atom is -0.497 e. The number of methoxy groups -OCH3 is 1. The molecule has 0 amide bonds. The van der Waals surface area contributed by atoms with Gasteiger partial charge >= 0.3 is 0 Å². The van der Waals surface area contributed by atoms with E-state index < -0.39 is 0 Å². The topological polar surface area (TPSA) is 36.9 Å². The summed E-state index contributed by atoms with van der Waals surface area (Å²) >= 11 is 0. The lowest BCUT2D eigenvalue weighted by molar-refractivity contribution is 0.414. The van der Waals surface area contributed by atoms with E-state index in [1.54, 1.807) is 7.11 Å². The third-order valence-electron chi connectivity index (χ3n) is 5.06. The minimum atomic E-state index is 0. The number of nitrogens with one attached hydrogen (secondary N) is 1. The fourth-order valence-corrected chi connectivity index (χ4v) is 3.43. The molecule has 1 saturated carbocycles. The lowest BCUT2D eigenvalue weighted by atomic mass is 9.98. The molecule has 1 saturated heterocycles. The summed E-state index contributed by atoms with van der Waals surface area (Å²) in [4.78, 5) is 6.86. The van der Waals surface area contributed by atoms with E-state index in [4.69, 9.17) is 4.74 Å². The van der Waals surface area contributed by atoms with Gasteiger partial charge in [-0.3, -0.25) is 4.99 Å². The van der Waals surface area contributed by atoms with Gasteiger partial charge in [0.1, 0.15) is 5.75 Å². The molecule has 1 unspecified atom stereocenters. The predicted octanol–water partition coefficient (Wildman–Crippen LogP) is 3.87. The number of ether oxygens (including phenoxy) is 1. The molecule has 0 radical (unpaired) electrons. The zero-order chi connectivity index (χ0) is 16.1. The smallest absolute Gasteiger partial charge is 0.193 e. The molecule has 24 heavy (non-hydrogen) atoms. The summed E-state index contributed by atoms with van der Waals surface area (Å²) in [7, 11) is 3.61. The van der Waals surface area contributed by atoms with Crippen molar-refractivity contribution < 1.29 is 4.74 Å². The first-order valence-electron chi connectivity index (χ1n) is 8.89. The van der Waals surface area contributed by atoms with Gasteiger partial charge in [-0.1, -0.05) is 25.0 Å². The van der Waals surface area contributed by atoms with Crippen LogP contribution >= 0.6 is 24.0 Å². The SMILES string of the molecule is CN=C(NCCCC1CC1)N1CCC(c2ccc(OC)cc2)C1.I. The van der Waals surface area contributed by atoms with E-state index in [0.29, 0.717) is 5.92 Å². The van der Waals surface area contributed by atoms with Crippen LogP contribution in [0, 0.1) is 5.92 Å². The average molecular weight is 443 g/mol. The van der Waals surface area contributed by atoms with Crippen LogP contribution in [0.25, 0.3) is 0 Å². The maximum Gasteiger partial charge on any atom is 0.193 e. The highest BCUT2D eigenvalue weighted by molar-refractivity contribution is 14.0. The number of rotatable bonds is 6. The highest BCUT2D eigenvalue weighted by atomic mass is 127. The van der Waals surface area contributed by atoms with E-state index in [1.807, 2.05) is 7.05 Å². The van der Waals surface area contributed by atoms with Gasteiger partial charge in [0.25, 0.3) is 0 Å². The number of aliphatic imine (C=N–C) groups is 1. The second-order valence-electron chi connectivity index (χ2n) is 6.76. The van der Waals surface area contributed by atoms with Crippen LogP contribution in [-0.4, -0.2) is 44.7 Å². The van der Waals surface area contributed by atoms with Gasteiger partial charge in [-0.05, 0) is 42.9 Å². The number of guanidine groups is 1. The Hall–Kier alpha value is -0.980. The zero-order valence-corrected chi connectivity index (χ0v) is 17.2. The summed E-state index contributed by atoms with van der Waals surface area (Å²) < 4.78 is 5.25. The van der Waals surface area contributed by atoms with Gasteiger partial charge in [0, 0.05) is 32.6 Å². The fourth-order valence-electron chi connectivity index (χ4n) is 3.43. The van der Waals surface area contributed by atoms with E-state index in [1.165, 1.54) is 37.7 Å². The summed E-state index contributed by atoms with van der Waals surface area (Å²) in [6.07, 6.45) is 6.72. The van der Waals surface area contributed by atoms with E-state index in [2.05, 4.69) is 39.5 Å². The van der Waals surface area contributed by atoms with Crippen molar-refractivity contribution in [2.24, 2.45) is 10.9 Å². The first-order valence-corrected chi connectivity index (χ1v) is 8.89. The van der Waals surface area contributed by atoms with E-state index in [9.17, 15) is 0 Å². The van der Waals surface area contributed by atoms with Crippen molar-refractivity contribution in [3.05, 3.63) is 29.8 Å². The Balaban J connectivity index is 0.00000208. The van der Waals surface area contributed by atoms with Crippen molar-refractivity contribution in [2.45, 2.75) is 38.0 Å². The van der Waals surface area contributed by atoms with Gasteiger partial charge in [-0.15, -0.1) is 24.0 Å². The first-order chi connectivity index (χ1) is 11.3. The molecule has 4 nitrogen and oxygen atoms in total. The lowest BCUT2D eigenvalue weighted by Crippen LogP contribution is -2.40. The Bertz CT molecular complexity index is 528. The molecule has 1 aliphatic carbocycles. The predicted molar refractivity (Wildman–Crippen MR) is 111 cm³/mol. The lowest BCUT2D eigenvalue weighted by Gasteiger charge is -2.22. The summed E-state index contributed by atoms with van der Waals surface area (Å²) in [6, 6.07) is 8.50. The second kappa shape index (κ2) is 9.49. The molecule has 1 N–H and O–H groups in total. The summed E-state index contributed by atoms with van der Waals surface area (Å²) in [5.41, 5.74) is 1.40. The largest absolute Gasteiger partial charge is 0.497 e. The zero-order valence-electron chi connectivity index (χ0n) is 14.8. The highest BCUT2D eigenvalue weighted by Crippen LogP contribution is 2.33. The second-order valence-corrected chi connectivity index (χ2v) is 6.76. The van der Waals surface area contributed by atoms with Crippen molar-refractivity contribution in [1.29, 1.82) is 0 Å². The normalized spacial score (nSPS) is 20.7. The van der Waals surface area contributed by atoms with Gasteiger partial charge in [-0.25, -0.2) is 0 Å². The van der Waals surface area contributed by atoms with E-state index in [0.717, 1.165) is 37.3 Å². The maximum atomic E-state index is 5.25. The molecule has 1 aromatic carbocycles. The van der Waals surface area contributed by atoms with Crippen molar-refractivity contribution in [1.82, 2.24) is 10.2 Å². The summed E-state index contributed by atoms with van der Waals surface area (Å²) in [6.45, 7) is 3.18. The molecule has 5 heteroatoms. The number of nitrogens with zero attached hydrogens (tertiary/aromatic N) is 2. The molecule has 1 aromatic rings. The molecule has 1 aliphatic heterocycles. The molecule has 1 heterocycles. The monoisotopic (exact) mass is 443 g/mol. The number of hydrogen-bond acceptors (Lipinski definition) is 2. The Morgan fingerprint density at radius 3 is 2.62 bits per heavy atom. The van der Waals surface area contributed by atoms with Gasteiger partial charge in [0.2, 0.25) is 0 Å². The highest BCUT2D eigenvalue weighted by Gasteiger charge is 2.26. The van der Waals surface area contributed by atoms with Gasteiger partial charge in [-0.2, -0.15) is 0 Å². The van der Waals surface area contributed by atoms with Crippen LogP contribution in [0.3, 0.4) is 0 Å². The number of likely N-dealkylation sites (tertiary alicyclic amines) is 1. The van der Waals surface area contributed by atoms with Crippen LogP contribution in [0.2, 0.25) is 0 Å². The third kappa shape index (κ3) is 5.26. The Kier molecular flexibility index (Phi) is 7.65. The molecule has 0 bridgehead atoms. The van der Waals surface area contributed by atoms with Crippen LogP contribution in [0.1, 0.15) is 43.6 Å². The molecule has 2 aliphatic rings. The molecule has 0 spiro atoms. The number of halogens is 1. The van der Waals surface area contributed by atoms with Crippen LogP contribution < -0.4 is 10.1 Å². The van der Waals surface area contributed by atoms with Crippen molar-refractivity contribution >= 4 is 29.9 Å². The quantitative estimate of drug-likeness (QED) is 0.314. The summed E-state index contributed by atoms with van der Waals surface area (Å²) in [5, 5.41) is 3.54. The molecule has 2 fully saturated rings. The third-order valence-corrected chi connectivity index (χ3v) is 5.06. The maximum absolute atomic E-state index is 5.25. The van der Waals surface area contributed by atoms with Crippen molar-refractivity contribution in [3.8, 4) is 5.75 Å². The van der Waals surface area contributed by atoms with Crippen molar-refractivity contribution in [3.63, 3.8) is 0 Å². The fraction of sp³-hybridized carbons (Fsp3) is 0.632. The molecule has 3 rings (SSSR count). The standard InChI is InChI=1S/C19H29N3O.HI/c1-20-19(21-12-3-4-15-5-6-15)22-13-11-17(14-22)16-7-9-18(23-2)10-8-16;/h7-10,15,17H,3-6,11-14H2,1-2H3,(H,20,21);1H. The van der Waals surface area contributed by atoms with E-state index in [-0.39, 0.29) is 24.0 Å². The Morgan fingerprint density at radius 2 is 2.00 bits per heavy atom. The van der Waals surface area contributed by atoms with E-state index >= 15 is 0 Å². The molecule has 134 valence electrons. The van der Waals surface area contributed by atoms with Crippen LogP contribution in [0.15, 0.2) is 29.3 Å². The van der Waals surface area contributed by atoms with Crippen LogP contribution in [-0.2, 0) is 0 Å². The Morgan fingerprint density at radius 1 is 1.25 bits per heavy atom. The van der Waals surface area contributed by atoms with Gasteiger partial charge < -0.3 is 15.0 Å². The van der Waals surface area contributed by atoms with Gasteiger partial charge in [0.05, 0.1) is 7.11 Å². The molecule has 0 aromatic heterocycles. The summed E-state index contributed by atoms with van der Waals surface area (Å²) in [5.74, 6) is 3.60. The Labute approximate surface area is 163 Å². The van der Waals surface area contributed by atoms with Gasteiger partial charge in [0.15, 0.2) is 5.96 Å². The van der Waals surface area contributed by atoms with Crippen LogP contribution in [0.4, 0.5) is 0 Å². The molecular weight excluding hydrogens is 413 g/mol. The molecular formula is C19H30IN3O. The van der Waals surface area contributed by atoms with Crippen LogP contribution in [0.5, 0.6) is 5.75 Å². The van der Waals surface area contributed by atoms with Crippen molar-refractivity contribution in [2.75, 3.05) is 33.8 Å².